The zero-order valence-corrected chi connectivity index (χ0v) is 13.1. The molecular weight excluding hydrogens is 284 g/mol. The number of aromatic nitrogens is 3. The first-order valence-corrected chi connectivity index (χ1v) is 8.27. The SMILES string of the molecule is CN(Cc1nccs1)c1cncc(OC2CCCCC2)n1. The molecule has 1 aliphatic carbocycles. The van der Waals surface area contributed by atoms with E-state index >= 15 is 0 Å². The second-order valence-corrected chi connectivity index (χ2v) is 6.35. The van der Waals surface area contributed by atoms with Gasteiger partial charge >= 0.3 is 0 Å². The van der Waals surface area contributed by atoms with Crippen LogP contribution in [0.5, 0.6) is 5.88 Å². The standard InChI is InChI=1S/C15H20N4OS/c1-19(11-15-17-7-8-21-15)13-9-16-10-14(18-13)20-12-5-3-2-4-6-12/h7-10,12H,2-6,11H2,1H3. The number of nitrogens with zero attached hydrogens (tertiary/aromatic N) is 4. The first-order valence-electron chi connectivity index (χ1n) is 7.39. The summed E-state index contributed by atoms with van der Waals surface area (Å²) >= 11 is 1.65. The lowest BCUT2D eigenvalue weighted by Gasteiger charge is -2.23. The van der Waals surface area contributed by atoms with Gasteiger partial charge in [0, 0.05) is 18.6 Å². The third-order valence-electron chi connectivity index (χ3n) is 3.69. The van der Waals surface area contributed by atoms with Gasteiger partial charge < -0.3 is 9.64 Å². The summed E-state index contributed by atoms with van der Waals surface area (Å²) in [5, 5.41) is 3.05. The number of hydrogen-bond donors (Lipinski definition) is 0. The molecule has 0 atom stereocenters. The van der Waals surface area contributed by atoms with Crippen molar-refractivity contribution in [3.8, 4) is 5.88 Å². The minimum atomic E-state index is 0.299. The van der Waals surface area contributed by atoms with Gasteiger partial charge in [-0.15, -0.1) is 11.3 Å². The third-order valence-corrected chi connectivity index (χ3v) is 4.45. The highest BCUT2D eigenvalue weighted by molar-refractivity contribution is 7.09. The molecule has 0 saturated heterocycles. The molecule has 2 heterocycles. The van der Waals surface area contributed by atoms with Crippen LogP contribution in [-0.2, 0) is 6.54 Å². The molecule has 0 aliphatic heterocycles. The average molecular weight is 304 g/mol. The van der Waals surface area contributed by atoms with Crippen LogP contribution in [0.25, 0.3) is 0 Å². The van der Waals surface area contributed by atoms with Crippen LogP contribution >= 0.6 is 11.3 Å². The van der Waals surface area contributed by atoms with Crippen molar-refractivity contribution in [2.75, 3.05) is 11.9 Å². The molecule has 5 nitrogen and oxygen atoms in total. The highest BCUT2D eigenvalue weighted by Gasteiger charge is 2.16. The largest absolute Gasteiger partial charge is 0.473 e. The maximum atomic E-state index is 5.97. The van der Waals surface area contributed by atoms with Crippen LogP contribution in [0.3, 0.4) is 0 Å². The van der Waals surface area contributed by atoms with Gasteiger partial charge in [-0.2, -0.15) is 4.98 Å². The fourth-order valence-electron chi connectivity index (χ4n) is 2.55. The molecular formula is C15H20N4OS. The topological polar surface area (TPSA) is 51.1 Å². The molecule has 0 N–H and O–H groups in total. The summed E-state index contributed by atoms with van der Waals surface area (Å²) in [6, 6.07) is 0. The average Bonchev–Trinajstić information content (AvgIpc) is 3.01. The van der Waals surface area contributed by atoms with E-state index in [0.717, 1.165) is 30.2 Å². The number of anilines is 1. The quantitative estimate of drug-likeness (QED) is 0.848. The van der Waals surface area contributed by atoms with Gasteiger partial charge in [0.1, 0.15) is 11.1 Å². The van der Waals surface area contributed by atoms with Crippen molar-refractivity contribution >= 4 is 17.2 Å². The van der Waals surface area contributed by atoms with Crippen molar-refractivity contribution in [2.24, 2.45) is 0 Å². The minimum absolute atomic E-state index is 0.299. The Morgan fingerprint density at radius 1 is 1.29 bits per heavy atom. The summed E-state index contributed by atoms with van der Waals surface area (Å²) < 4.78 is 5.97. The Bertz CT molecular complexity index is 555. The lowest BCUT2D eigenvalue weighted by molar-refractivity contribution is 0.148. The molecule has 0 aromatic carbocycles. The van der Waals surface area contributed by atoms with Gasteiger partial charge in [-0.25, -0.2) is 4.98 Å². The van der Waals surface area contributed by atoms with E-state index in [1.165, 1.54) is 19.3 Å². The predicted octanol–water partition coefficient (Wildman–Crippen LogP) is 3.28. The van der Waals surface area contributed by atoms with Gasteiger partial charge in [0.2, 0.25) is 5.88 Å². The van der Waals surface area contributed by atoms with Crippen LogP contribution in [-0.4, -0.2) is 28.1 Å². The maximum Gasteiger partial charge on any atom is 0.234 e. The summed E-state index contributed by atoms with van der Waals surface area (Å²) in [7, 11) is 2.00. The van der Waals surface area contributed by atoms with Gasteiger partial charge in [0.05, 0.1) is 18.9 Å². The van der Waals surface area contributed by atoms with Gasteiger partial charge in [-0.05, 0) is 25.7 Å². The van der Waals surface area contributed by atoms with Crippen LogP contribution in [0.15, 0.2) is 24.0 Å². The van der Waals surface area contributed by atoms with Crippen molar-refractivity contribution in [1.29, 1.82) is 0 Å². The summed E-state index contributed by atoms with van der Waals surface area (Å²) in [6.07, 6.45) is 11.7. The zero-order valence-electron chi connectivity index (χ0n) is 12.2. The first kappa shape index (κ1) is 14.3. The molecule has 6 heteroatoms. The van der Waals surface area contributed by atoms with E-state index in [1.54, 1.807) is 23.7 Å². The number of hydrogen-bond acceptors (Lipinski definition) is 6. The Hall–Kier alpha value is -1.69. The summed E-state index contributed by atoms with van der Waals surface area (Å²) in [6.45, 7) is 0.735. The smallest absolute Gasteiger partial charge is 0.234 e. The molecule has 112 valence electrons. The summed E-state index contributed by atoms with van der Waals surface area (Å²) in [5.41, 5.74) is 0. The van der Waals surface area contributed by atoms with E-state index in [4.69, 9.17) is 4.74 Å². The van der Waals surface area contributed by atoms with Crippen LogP contribution in [0, 0.1) is 0 Å². The van der Waals surface area contributed by atoms with E-state index < -0.39 is 0 Å². The second-order valence-electron chi connectivity index (χ2n) is 5.38. The molecule has 0 spiro atoms. The fraction of sp³-hybridized carbons (Fsp3) is 0.533. The fourth-order valence-corrected chi connectivity index (χ4v) is 3.22. The molecule has 3 rings (SSSR count). The predicted molar refractivity (Wildman–Crippen MR) is 83.8 cm³/mol. The molecule has 0 amide bonds. The monoisotopic (exact) mass is 304 g/mol. The zero-order chi connectivity index (χ0) is 14.5. The molecule has 0 bridgehead atoms. The highest BCUT2D eigenvalue weighted by Crippen LogP contribution is 2.23. The molecule has 0 unspecified atom stereocenters. The molecule has 21 heavy (non-hydrogen) atoms. The van der Waals surface area contributed by atoms with Crippen LogP contribution in [0.1, 0.15) is 37.1 Å². The Balaban J connectivity index is 1.64. The van der Waals surface area contributed by atoms with Gasteiger partial charge in [0.25, 0.3) is 0 Å². The number of thiazole rings is 1. The molecule has 0 radical (unpaired) electrons. The summed E-state index contributed by atoms with van der Waals surface area (Å²) in [4.78, 5) is 15.2. The van der Waals surface area contributed by atoms with Crippen molar-refractivity contribution < 1.29 is 4.74 Å². The van der Waals surface area contributed by atoms with Crippen molar-refractivity contribution in [3.63, 3.8) is 0 Å². The maximum absolute atomic E-state index is 5.97. The second kappa shape index (κ2) is 6.85. The minimum Gasteiger partial charge on any atom is -0.473 e. The number of rotatable bonds is 5. The Labute approximate surface area is 129 Å². The number of ether oxygens (including phenoxy) is 1. The van der Waals surface area contributed by atoms with Crippen LogP contribution in [0.2, 0.25) is 0 Å². The molecule has 1 aliphatic rings. The molecule has 1 fully saturated rings. The van der Waals surface area contributed by atoms with E-state index in [9.17, 15) is 0 Å². The van der Waals surface area contributed by atoms with Crippen molar-refractivity contribution in [2.45, 2.75) is 44.8 Å². The Morgan fingerprint density at radius 3 is 2.90 bits per heavy atom. The van der Waals surface area contributed by atoms with Crippen molar-refractivity contribution in [1.82, 2.24) is 15.0 Å². The molecule has 2 aromatic rings. The molecule has 1 saturated carbocycles. The van der Waals surface area contributed by atoms with E-state index in [0.29, 0.717) is 12.0 Å². The van der Waals surface area contributed by atoms with Crippen LogP contribution in [0.4, 0.5) is 5.82 Å². The molecule has 2 aromatic heterocycles. The van der Waals surface area contributed by atoms with Gasteiger partial charge in [-0.3, -0.25) is 4.98 Å². The van der Waals surface area contributed by atoms with E-state index in [1.807, 2.05) is 23.5 Å². The lowest BCUT2D eigenvalue weighted by atomic mass is 9.98. The lowest BCUT2D eigenvalue weighted by Crippen LogP contribution is -2.22. The van der Waals surface area contributed by atoms with Gasteiger partial charge in [0.15, 0.2) is 5.82 Å². The van der Waals surface area contributed by atoms with Crippen molar-refractivity contribution in [3.05, 3.63) is 29.0 Å². The Morgan fingerprint density at radius 2 is 2.14 bits per heavy atom. The van der Waals surface area contributed by atoms with Crippen LogP contribution < -0.4 is 9.64 Å². The first-order chi connectivity index (χ1) is 10.3. The van der Waals surface area contributed by atoms with Gasteiger partial charge in [-0.1, -0.05) is 6.42 Å². The normalized spacial score (nSPS) is 15.9. The van der Waals surface area contributed by atoms with E-state index in [2.05, 4.69) is 15.0 Å². The van der Waals surface area contributed by atoms with E-state index in [-0.39, 0.29) is 0 Å². The summed E-state index contributed by atoms with van der Waals surface area (Å²) in [5.74, 6) is 1.45. The third kappa shape index (κ3) is 3.91. The Kier molecular flexibility index (Phi) is 4.65. The highest BCUT2D eigenvalue weighted by atomic mass is 32.1.